The van der Waals surface area contributed by atoms with E-state index in [2.05, 4.69) is 5.32 Å². The summed E-state index contributed by atoms with van der Waals surface area (Å²) in [7, 11) is 0. The molecule has 0 bridgehead atoms. The molecular formula is C17H17ClN2O2. The number of benzene rings is 2. The second-order valence-corrected chi connectivity index (χ2v) is 5.33. The van der Waals surface area contributed by atoms with Crippen LogP contribution in [0.3, 0.4) is 0 Å². The quantitative estimate of drug-likeness (QED) is 0.832. The highest BCUT2D eigenvalue weighted by Crippen LogP contribution is 2.24. The van der Waals surface area contributed by atoms with Crippen molar-refractivity contribution in [3.8, 4) is 0 Å². The SMILES string of the molecule is CCC(N)C(=O)Nc1ccc(Cl)cc1C(=O)c1ccccc1. The lowest BCUT2D eigenvalue weighted by atomic mass is 10.0. The molecule has 2 aromatic carbocycles. The summed E-state index contributed by atoms with van der Waals surface area (Å²) in [5, 5.41) is 3.12. The minimum atomic E-state index is -0.615. The Bertz CT molecular complexity index is 686. The zero-order chi connectivity index (χ0) is 16.1. The average Bonchev–Trinajstić information content (AvgIpc) is 2.55. The predicted molar refractivity (Wildman–Crippen MR) is 88.2 cm³/mol. The Kier molecular flexibility index (Phi) is 5.31. The fourth-order valence-corrected chi connectivity index (χ4v) is 2.14. The number of halogens is 1. The number of carbonyl (C=O) groups is 2. The first-order valence-electron chi connectivity index (χ1n) is 6.98. The number of hydrogen-bond donors (Lipinski definition) is 2. The second kappa shape index (κ2) is 7.20. The number of rotatable bonds is 5. The number of ketones is 1. The molecule has 0 saturated heterocycles. The summed E-state index contributed by atoms with van der Waals surface area (Å²) >= 11 is 5.99. The van der Waals surface area contributed by atoms with Gasteiger partial charge in [-0.3, -0.25) is 9.59 Å². The number of carbonyl (C=O) groups excluding carboxylic acids is 2. The fourth-order valence-electron chi connectivity index (χ4n) is 1.97. The van der Waals surface area contributed by atoms with E-state index in [1.165, 1.54) is 0 Å². The van der Waals surface area contributed by atoms with E-state index < -0.39 is 6.04 Å². The van der Waals surface area contributed by atoms with Crippen LogP contribution < -0.4 is 11.1 Å². The van der Waals surface area contributed by atoms with E-state index in [0.29, 0.717) is 28.3 Å². The predicted octanol–water partition coefficient (Wildman–Crippen LogP) is 3.25. The van der Waals surface area contributed by atoms with Crippen molar-refractivity contribution in [2.75, 3.05) is 5.32 Å². The van der Waals surface area contributed by atoms with Crippen LogP contribution in [0.2, 0.25) is 5.02 Å². The molecule has 0 aliphatic heterocycles. The topological polar surface area (TPSA) is 72.2 Å². The molecule has 0 aromatic heterocycles. The standard InChI is InChI=1S/C17H17ClN2O2/c1-2-14(19)17(22)20-15-9-8-12(18)10-13(15)16(21)11-6-4-3-5-7-11/h3-10,14H,2,19H2,1H3,(H,20,22). The van der Waals surface area contributed by atoms with Crippen molar-refractivity contribution in [1.82, 2.24) is 0 Å². The summed E-state index contributed by atoms with van der Waals surface area (Å²) in [6, 6.07) is 13.0. The lowest BCUT2D eigenvalue weighted by Gasteiger charge is -2.14. The van der Waals surface area contributed by atoms with Gasteiger partial charge in [-0.05, 0) is 24.6 Å². The van der Waals surface area contributed by atoms with Crippen LogP contribution in [0.15, 0.2) is 48.5 Å². The molecule has 1 amide bonds. The van der Waals surface area contributed by atoms with Gasteiger partial charge < -0.3 is 11.1 Å². The molecule has 0 saturated carbocycles. The lowest BCUT2D eigenvalue weighted by Crippen LogP contribution is -2.35. The Morgan fingerprint density at radius 2 is 1.86 bits per heavy atom. The first-order chi connectivity index (χ1) is 10.5. The molecule has 2 aromatic rings. The van der Waals surface area contributed by atoms with Crippen LogP contribution in [0.4, 0.5) is 5.69 Å². The van der Waals surface area contributed by atoms with E-state index in [1.54, 1.807) is 42.5 Å². The van der Waals surface area contributed by atoms with Crippen molar-refractivity contribution >= 4 is 29.0 Å². The van der Waals surface area contributed by atoms with E-state index in [-0.39, 0.29) is 11.7 Å². The molecular weight excluding hydrogens is 300 g/mol. The van der Waals surface area contributed by atoms with Gasteiger partial charge in [0.2, 0.25) is 5.91 Å². The number of anilines is 1. The monoisotopic (exact) mass is 316 g/mol. The Labute approximate surface area is 134 Å². The zero-order valence-electron chi connectivity index (χ0n) is 12.2. The van der Waals surface area contributed by atoms with Crippen molar-refractivity contribution in [2.24, 2.45) is 5.73 Å². The van der Waals surface area contributed by atoms with Crippen LogP contribution in [0.25, 0.3) is 0 Å². The van der Waals surface area contributed by atoms with Gasteiger partial charge in [0.15, 0.2) is 5.78 Å². The number of hydrogen-bond acceptors (Lipinski definition) is 3. The average molecular weight is 317 g/mol. The first kappa shape index (κ1) is 16.2. The lowest BCUT2D eigenvalue weighted by molar-refractivity contribution is -0.117. The van der Waals surface area contributed by atoms with Gasteiger partial charge in [0.1, 0.15) is 0 Å². The molecule has 0 aliphatic rings. The van der Waals surface area contributed by atoms with E-state index in [9.17, 15) is 9.59 Å². The van der Waals surface area contributed by atoms with Gasteiger partial charge in [-0.25, -0.2) is 0 Å². The van der Waals surface area contributed by atoms with E-state index in [4.69, 9.17) is 17.3 Å². The minimum absolute atomic E-state index is 0.205. The maximum atomic E-state index is 12.6. The van der Waals surface area contributed by atoms with Crippen LogP contribution in [0, 0.1) is 0 Å². The smallest absolute Gasteiger partial charge is 0.241 e. The normalized spacial score (nSPS) is 11.8. The van der Waals surface area contributed by atoms with Gasteiger partial charge >= 0.3 is 0 Å². The molecule has 1 unspecified atom stereocenters. The van der Waals surface area contributed by atoms with Crippen LogP contribution in [0.5, 0.6) is 0 Å². The fraction of sp³-hybridized carbons (Fsp3) is 0.176. The van der Waals surface area contributed by atoms with Crippen molar-refractivity contribution in [3.05, 3.63) is 64.7 Å². The van der Waals surface area contributed by atoms with Gasteiger partial charge in [-0.1, -0.05) is 48.9 Å². The van der Waals surface area contributed by atoms with E-state index in [0.717, 1.165) is 0 Å². The van der Waals surface area contributed by atoms with Crippen molar-refractivity contribution in [2.45, 2.75) is 19.4 Å². The van der Waals surface area contributed by atoms with Crippen LogP contribution in [-0.2, 0) is 4.79 Å². The maximum Gasteiger partial charge on any atom is 0.241 e. The summed E-state index contributed by atoms with van der Waals surface area (Å²) in [4.78, 5) is 24.6. The Balaban J connectivity index is 2.36. The van der Waals surface area contributed by atoms with Gasteiger partial charge in [0.05, 0.1) is 11.7 Å². The van der Waals surface area contributed by atoms with Gasteiger partial charge in [-0.15, -0.1) is 0 Å². The molecule has 0 aliphatic carbocycles. The number of amides is 1. The largest absolute Gasteiger partial charge is 0.324 e. The summed E-state index contributed by atoms with van der Waals surface area (Å²) in [6.45, 7) is 1.82. The van der Waals surface area contributed by atoms with Gasteiger partial charge in [0.25, 0.3) is 0 Å². The molecule has 2 rings (SSSR count). The Morgan fingerprint density at radius 3 is 2.50 bits per heavy atom. The summed E-state index contributed by atoms with van der Waals surface area (Å²) in [6.07, 6.45) is 0.515. The number of nitrogens with one attached hydrogen (secondary N) is 1. The summed E-state index contributed by atoms with van der Waals surface area (Å²) in [5.74, 6) is -0.532. The Morgan fingerprint density at radius 1 is 1.18 bits per heavy atom. The molecule has 1 atom stereocenters. The van der Waals surface area contributed by atoms with Crippen molar-refractivity contribution < 1.29 is 9.59 Å². The molecule has 5 heteroatoms. The third kappa shape index (κ3) is 3.72. The summed E-state index contributed by atoms with van der Waals surface area (Å²) < 4.78 is 0. The number of nitrogens with two attached hydrogens (primary N) is 1. The highest BCUT2D eigenvalue weighted by molar-refractivity contribution is 6.31. The highest BCUT2D eigenvalue weighted by Gasteiger charge is 2.18. The van der Waals surface area contributed by atoms with Gasteiger partial charge in [-0.2, -0.15) is 0 Å². The van der Waals surface area contributed by atoms with Crippen LogP contribution >= 0.6 is 11.6 Å². The first-order valence-corrected chi connectivity index (χ1v) is 7.36. The third-order valence-electron chi connectivity index (χ3n) is 3.30. The van der Waals surface area contributed by atoms with E-state index in [1.807, 2.05) is 13.0 Å². The Hall–Kier alpha value is -2.17. The van der Waals surface area contributed by atoms with Gasteiger partial charge in [0, 0.05) is 16.1 Å². The molecule has 4 nitrogen and oxygen atoms in total. The van der Waals surface area contributed by atoms with Crippen molar-refractivity contribution in [3.63, 3.8) is 0 Å². The van der Waals surface area contributed by atoms with Crippen molar-refractivity contribution in [1.29, 1.82) is 0 Å². The zero-order valence-corrected chi connectivity index (χ0v) is 12.9. The molecule has 0 spiro atoms. The maximum absolute atomic E-state index is 12.6. The third-order valence-corrected chi connectivity index (χ3v) is 3.53. The summed E-state index contributed by atoms with van der Waals surface area (Å²) in [5.41, 5.74) is 6.99. The van der Waals surface area contributed by atoms with E-state index >= 15 is 0 Å². The molecule has 114 valence electrons. The highest BCUT2D eigenvalue weighted by atomic mass is 35.5. The molecule has 0 radical (unpaired) electrons. The van der Waals surface area contributed by atoms with Crippen LogP contribution in [0.1, 0.15) is 29.3 Å². The molecule has 3 N–H and O–H groups in total. The molecule has 0 heterocycles. The van der Waals surface area contributed by atoms with Crippen LogP contribution in [-0.4, -0.2) is 17.7 Å². The second-order valence-electron chi connectivity index (χ2n) is 4.89. The minimum Gasteiger partial charge on any atom is -0.324 e. The molecule has 22 heavy (non-hydrogen) atoms. The molecule has 0 fully saturated rings.